The molecule has 0 unspecified atom stereocenters. The van der Waals surface area contributed by atoms with Crippen LogP contribution in [0.3, 0.4) is 0 Å². The number of rotatable bonds is 5. The quantitative estimate of drug-likeness (QED) is 0.787. The zero-order chi connectivity index (χ0) is 17.7. The highest BCUT2D eigenvalue weighted by Crippen LogP contribution is 2.26. The van der Waals surface area contributed by atoms with Gasteiger partial charge in [0.15, 0.2) is 6.61 Å². The topological polar surface area (TPSA) is 84.9 Å². The van der Waals surface area contributed by atoms with Gasteiger partial charge in [-0.25, -0.2) is 4.79 Å². The Labute approximate surface area is 147 Å². The third-order valence-electron chi connectivity index (χ3n) is 2.96. The van der Waals surface area contributed by atoms with Crippen molar-refractivity contribution in [2.24, 2.45) is 0 Å². The van der Waals surface area contributed by atoms with Gasteiger partial charge in [0, 0.05) is 11.1 Å². The van der Waals surface area contributed by atoms with Gasteiger partial charge in [0.05, 0.1) is 17.8 Å². The third-order valence-corrected chi connectivity index (χ3v) is 3.51. The van der Waals surface area contributed by atoms with Crippen LogP contribution >= 0.6 is 23.2 Å². The van der Waals surface area contributed by atoms with Crippen molar-refractivity contribution >= 4 is 40.8 Å². The van der Waals surface area contributed by atoms with E-state index in [-0.39, 0.29) is 16.3 Å². The normalized spacial score (nSPS) is 10.1. The fourth-order valence-corrected chi connectivity index (χ4v) is 2.25. The number of hydrogen-bond donors (Lipinski definition) is 2. The van der Waals surface area contributed by atoms with Crippen molar-refractivity contribution in [2.75, 3.05) is 19.0 Å². The molecule has 0 spiro atoms. The maximum atomic E-state index is 11.9. The van der Waals surface area contributed by atoms with Crippen LogP contribution in [0, 0.1) is 0 Å². The number of carbonyl (C=O) groups is 2. The van der Waals surface area contributed by atoms with E-state index in [1.54, 1.807) is 6.07 Å². The number of nitrogens with one attached hydrogen (secondary N) is 1. The summed E-state index contributed by atoms with van der Waals surface area (Å²) in [5.74, 6) is -1.34. The number of anilines is 1. The van der Waals surface area contributed by atoms with Crippen molar-refractivity contribution in [1.82, 2.24) is 0 Å². The number of amides is 1. The van der Waals surface area contributed by atoms with E-state index in [2.05, 4.69) is 5.32 Å². The van der Waals surface area contributed by atoms with Gasteiger partial charge in [0.1, 0.15) is 17.1 Å². The van der Waals surface area contributed by atoms with Crippen molar-refractivity contribution in [1.29, 1.82) is 0 Å². The lowest BCUT2D eigenvalue weighted by Gasteiger charge is -2.09. The van der Waals surface area contributed by atoms with Crippen molar-refractivity contribution in [3.8, 4) is 11.5 Å². The van der Waals surface area contributed by atoms with Gasteiger partial charge in [0.2, 0.25) is 0 Å². The maximum absolute atomic E-state index is 11.9. The van der Waals surface area contributed by atoms with Gasteiger partial charge >= 0.3 is 5.97 Å². The van der Waals surface area contributed by atoms with Gasteiger partial charge in [-0.2, -0.15) is 0 Å². The molecule has 0 aromatic heterocycles. The van der Waals surface area contributed by atoms with Crippen molar-refractivity contribution in [2.45, 2.75) is 0 Å². The summed E-state index contributed by atoms with van der Waals surface area (Å²) in [5.41, 5.74) is 0.266. The van der Waals surface area contributed by atoms with Crippen molar-refractivity contribution < 1.29 is 24.2 Å². The molecule has 6 nitrogen and oxygen atoms in total. The molecule has 0 saturated carbocycles. The molecule has 0 atom stereocenters. The Hall–Kier alpha value is -2.44. The number of ether oxygens (including phenoxy) is 2. The minimum Gasteiger partial charge on any atom is -0.507 e. The van der Waals surface area contributed by atoms with Crippen LogP contribution in [0.4, 0.5) is 5.69 Å². The first-order valence-electron chi connectivity index (χ1n) is 6.69. The predicted molar refractivity (Wildman–Crippen MR) is 90.0 cm³/mol. The summed E-state index contributed by atoms with van der Waals surface area (Å²) >= 11 is 11.7. The predicted octanol–water partition coefficient (Wildman–Crippen LogP) is 3.50. The number of carbonyl (C=O) groups excluding carboxylic acids is 2. The third kappa shape index (κ3) is 4.53. The molecule has 0 aliphatic rings. The second-order valence-electron chi connectivity index (χ2n) is 4.63. The highest BCUT2D eigenvalue weighted by molar-refractivity contribution is 6.36. The van der Waals surface area contributed by atoms with Gasteiger partial charge in [-0.1, -0.05) is 23.2 Å². The molecule has 0 radical (unpaired) electrons. The van der Waals surface area contributed by atoms with Crippen LogP contribution in [0.1, 0.15) is 10.4 Å². The highest BCUT2D eigenvalue weighted by atomic mass is 35.5. The van der Waals surface area contributed by atoms with Crippen LogP contribution in [0.5, 0.6) is 11.5 Å². The Bertz CT molecular complexity index is 779. The zero-order valence-electron chi connectivity index (χ0n) is 12.5. The lowest BCUT2D eigenvalue weighted by Crippen LogP contribution is -2.21. The smallest absolute Gasteiger partial charge is 0.342 e. The molecule has 2 N–H and O–H groups in total. The van der Waals surface area contributed by atoms with E-state index in [9.17, 15) is 14.7 Å². The van der Waals surface area contributed by atoms with Crippen molar-refractivity contribution in [3.05, 3.63) is 52.0 Å². The van der Waals surface area contributed by atoms with E-state index >= 15 is 0 Å². The summed E-state index contributed by atoms with van der Waals surface area (Å²) in [6.07, 6.45) is 0. The number of phenolic OH excluding ortho intramolecular Hbond substituents is 1. The SMILES string of the molecule is COc1ccc(C(=O)OCC(=O)Nc2ccc(Cl)cc2Cl)c(O)c1. The molecule has 0 aliphatic heterocycles. The molecule has 126 valence electrons. The van der Waals surface area contributed by atoms with Gasteiger partial charge in [-0.05, 0) is 30.3 Å². The van der Waals surface area contributed by atoms with Crippen LogP contribution in [0.25, 0.3) is 0 Å². The fraction of sp³-hybridized carbons (Fsp3) is 0.125. The Morgan fingerprint density at radius 1 is 1.17 bits per heavy atom. The first-order valence-corrected chi connectivity index (χ1v) is 7.45. The van der Waals surface area contributed by atoms with E-state index < -0.39 is 18.5 Å². The molecule has 0 saturated heterocycles. The molecule has 0 aliphatic carbocycles. The summed E-state index contributed by atoms with van der Waals surface area (Å²) in [6, 6.07) is 8.66. The van der Waals surface area contributed by atoms with E-state index in [1.807, 2.05) is 0 Å². The van der Waals surface area contributed by atoms with Crippen LogP contribution in [0.15, 0.2) is 36.4 Å². The number of aromatic hydroxyl groups is 1. The molecule has 24 heavy (non-hydrogen) atoms. The minimum atomic E-state index is -0.840. The van der Waals surface area contributed by atoms with E-state index in [0.29, 0.717) is 16.5 Å². The second-order valence-corrected chi connectivity index (χ2v) is 5.48. The summed E-state index contributed by atoms with van der Waals surface area (Å²) in [6.45, 7) is -0.538. The molecule has 8 heteroatoms. The average molecular weight is 370 g/mol. The molecule has 2 aromatic carbocycles. The van der Waals surface area contributed by atoms with Gasteiger partial charge in [-0.3, -0.25) is 4.79 Å². The summed E-state index contributed by atoms with van der Waals surface area (Å²) < 4.78 is 9.77. The Balaban J connectivity index is 1.95. The fourth-order valence-electron chi connectivity index (χ4n) is 1.80. The van der Waals surface area contributed by atoms with E-state index in [4.69, 9.17) is 32.7 Å². The summed E-state index contributed by atoms with van der Waals surface area (Å²) in [5, 5.41) is 12.9. The number of methoxy groups -OCH3 is 1. The first kappa shape index (κ1) is 17.9. The monoisotopic (exact) mass is 369 g/mol. The van der Waals surface area contributed by atoms with Crippen molar-refractivity contribution in [3.63, 3.8) is 0 Å². The molecule has 0 fully saturated rings. The van der Waals surface area contributed by atoms with Gasteiger partial charge in [0.25, 0.3) is 5.91 Å². The maximum Gasteiger partial charge on any atom is 0.342 e. The number of phenols is 1. The Morgan fingerprint density at radius 2 is 1.92 bits per heavy atom. The molecule has 2 aromatic rings. The van der Waals surface area contributed by atoms with Crippen LogP contribution in [0.2, 0.25) is 10.0 Å². The van der Waals surface area contributed by atoms with Crippen LogP contribution in [-0.4, -0.2) is 30.7 Å². The first-order chi connectivity index (χ1) is 11.4. The zero-order valence-corrected chi connectivity index (χ0v) is 14.0. The number of esters is 1. The summed E-state index contributed by atoms with van der Waals surface area (Å²) in [7, 11) is 1.43. The van der Waals surface area contributed by atoms with Crippen LogP contribution in [-0.2, 0) is 9.53 Å². The van der Waals surface area contributed by atoms with E-state index in [0.717, 1.165) is 0 Å². The van der Waals surface area contributed by atoms with Gasteiger partial charge < -0.3 is 19.9 Å². The molecule has 2 rings (SSSR count). The largest absolute Gasteiger partial charge is 0.507 e. The molecule has 0 heterocycles. The Morgan fingerprint density at radius 3 is 2.54 bits per heavy atom. The molecule has 1 amide bonds. The molecular formula is C16H13Cl2NO5. The number of benzene rings is 2. The average Bonchev–Trinajstić information content (AvgIpc) is 2.55. The second kappa shape index (κ2) is 7.90. The highest BCUT2D eigenvalue weighted by Gasteiger charge is 2.15. The molecular weight excluding hydrogens is 357 g/mol. The number of halogens is 2. The molecule has 0 bridgehead atoms. The lowest BCUT2D eigenvalue weighted by atomic mass is 10.2. The minimum absolute atomic E-state index is 0.0758. The van der Waals surface area contributed by atoms with E-state index in [1.165, 1.54) is 37.4 Å². The van der Waals surface area contributed by atoms with Crippen LogP contribution < -0.4 is 10.1 Å². The Kier molecular flexibility index (Phi) is 5.89. The summed E-state index contributed by atoms with van der Waals surface area (Å²) in [4.78, 5) is 23.7. The van der Waals surface area contributed by atoms with Gasteiger partial charge in [-0.15, -0.1) is 0 Å². The standard InChI is InChI=1S/C16H13Cl2NO5/c1-23-10-3-4-11(14(20)7-10)16(22)24-8-15(21)19-13-5-2-9(17)6-12(13)18/h2-7,20H,8H2,1H3,(H,19,21). The number of hydrogen-bond acceptors (Lipinski definition) is 5. The lowest BCUT2D eigenvalue weighted by molar-refractivity contribution is -0.119.